The van der Waals surface area contributed by atoms with Crippen molar-refractivity contribution in [2.75, 3.05) is 0 Å². The van der Waals surface area contributed by atoms with Crippen molar-refractivity contribution in [1.82, 2.24) is 0 Å². The Hall–Kier alpha value is 1.70. The Morgan fingerprint density at radius 1 is 0.600 bits per heavy atom. The van der Waals surface area contributed by atoms with Crippen LogP contribution in [0.3, 0.4) is 0 Å². The van der Waals surface area contributed by atoms with E-state index in [0.717, 1.165) is 0 Å². The zero-order valence-electron chi connectivity index (χ0n) is 2.95. The van der Waals surface area contributed by atoms with E-state index >= 15 is 0 Å². The van der Waals surface area contributed by atoms with Gasteiger partial charge in [0.1, 0.15) is 0 Å². The molecular formula is H6NaO3Sb. The molecule has 0 aliphatic heterocycles. The third kappa shape index (κ3) is 27.0. The smallest absolute Gasteiger partial charge is 0 e. The molecule has 0 unspecified atom stereocenters. The molecule has 0 saturated heterocycles. The first kappa shape index (κ1) is 75.4. The first-order valence-corrected chi connectivity index (χ1v) is 0. The molecule has 6 N–H and O–H groups in total. The third-order valence-electron chi connectivity index (χ3n) is 0. The molecule has 0 bridgehead atoms. The van der Waals surface area contributed by atoms with Crippen LogP contribution < -0.4 is 0 Å². The SMILES string of the molecule is O.O.O.[Na].[Sb]. The maximum Gasteiger partial charge on any atom is 0 e. The second-order valence-corrected chi connectivity index (χ2v) is 0. The number of rotatable bonds is 0. The van der Waals surface area contributed by atoms with Gasteiger partial charge in [0, 0.05) is 54.0 Å². The minimum absolute atomic E-state index is 0. The predicted molar refractivity (Wildman–Crippen MR) is 22.3 cm³/mol. The molecule has 3 nitrogen and oxygen atoms in total. The number of hydrogen-bond acceptors (Lipinski definition) is 0. The average molecular weight is 199 g/mol. The fourth-order valence-corrected chi connectivity index (χ4v) is 0. The van der Waals surface area contributed by atoms with Gasteiger partial charge in [-0.15, -0.1) is 0 Å². The van der Waals surface area contributed by atoms with Gasteiger partial charge in [-0.1, -0.05) is 0 Å². The van der Waals surface area contributed by atoms with Crippen LogP contribution in [0, 0.1) is 0 Å². The van der Waals surface area contributed by atoms with Crippen LogP contribution in [0.4, 0.5) is 0 Å². The zero-order valence-corrected chi connectivity index (χ0v) is 7.50. The van der Waals surface area contributed by atoms with Gasteiger partial charge in [0.25, 0.3) is 0 Å². The molecule has 0 heterocycles. The van der Waals surface area contributed by atoms with Crippen molar-refractivity contribution in [3.63, 3.8) is 0 Å². The Balaban J connectivity index is 0. The van der Waals surface area contributed by atoms with Gasteiger partial charge in [-0.3, -0.25) is 0 Å². The fourth-order valence-electron chi connectivity index (χ4n) is 0. The van der Waals surface area contributed by atoms with Crippen molar-refractivity contribution in [3.8, 4) is 0 Å². The van der Waals surface area contributed by atoms with Crippen LogP contribution in [-0.4, -0.2) is 70.4 Å². The van der Waals surface area contributed by atoms with Gasteiger partial charge in [0.05, 0.1) is 0 Å². The molecule has 0 aromatic heterocycles. The summed E-state index contributed by atoms with van der Waals surface area (Å²) in [6.45, 7) is 0. The zero-order chi connectivity index (χ0) is 0. The summed E-state index contributed by atoms with van der Waals surface area (Å²) in [4.78, 5) is 0. The van der Waals surface area contributed by atoms with E-state index in [1.165, 1.54) is 0 Å². The van der Waals surface area contributed by atoms with Crippen LogP contribution in [-0.2, 0) is 0 Å². The quantitative estimate of drug-likeness (QED) is 0.366. The summed E-state index contributed by atoms with van der Waals surface area (Å²) in [6, 6.07) is 0. The van der Waals surface area contributed by atoms with Crippen molar-refractivity contribution in [3.05, 3.63) is 0 Å². The van der Waals surface area contributed by atoms with Crippen LogP contribution in [0.25, 0.3) is 0 Å². The molecule has 0 aromatic carbocycles. The monoisotopic (exact) mass is 198 g/mol. The minimum atomic E-state index is 0. The van der Waals surface area contributed by atoms with E-state index in [4.69, 9.17) is 0 Å². The van der Waals surface area contributed by atoms with Crippen molar-refractivity contribution in [2.45, 2.75) is 0 Å². The molecule has 0 spiro atoms. The van der Waals surface area contributed by atoms with Gasteiger partial charge < -0.3 is 16.4 Å². The molecule has 0 saturated carbocycles. The Morgan fingerprint density at radius 2 is 0.600 bits per heavy atom. The predicted octanol–water partition coefficient (Wildman–Crippen LogP) is -3.24. The van der Waals surface area contributed by atoms with Gasteiger partial charge in [0.15, 0.2) is 0 Å². The molecule has 0 rings (SSSR count). The summed E-state index contributed by atoms with van der Waals surface area (Å²) in [5.41, 5.74) is 0. The molecular weight excluding hydrogens is 193 g/mol. The maximum absolute atomic E-state index is 0. The van der Waals surface area contributed by atoms with E-state index in [2.05, 4.69) is 0 Å². The molecule has 0 aromatic rings. The topological polar surface area (TPSA) is 94.5 Å². The summed E-state index contributed by atoms with van der Waals surface area (Å²) in [6.07, 6.45) is 0. The normalized spacial score (nSPS) is 0. The van der Waals surface area contributed by atoms with Gasteiger partial charge in [-0.05, 0) is 0 Å². The van der Waals surface area contributed by atoms with Gasteiger partial charge >= 0.3 is 0 Å². The Labute approximate surface area is 69.8 Å². The maximum atomic E-state index is 0. The Kier molecular flexibility index (Phi) is 658. The third-order valence-corrected chi connectivity index (χ3v) is 0. The van der Waals surface area contributed by atoms with Crippen molar-refractivity contribution >= 4 is 54.0 Å². The van der Waals surface area contributed by atoms with Crippen molar-refractivity contribution < 1.29 is 16.4 Å². The van der Waals surface area contributed by atoms with Gasteiger partial charge in [-0.25, -0.2) is 0 Å². The van der Waals surface area contributed by atoms with E-state index in [-0.39, 0.29) is 70.4 Å². The van der Waals surface area contributed by atoms with Crippen LogP contribution >= 0.6 is 0 Å². The summed E-state index contributed by atoms with van der Waals surface area (Å²) in [5, 5.41) is 0. The fraction of sp³-hybridized carbons (Fsp3) is 0. The van der Waals surface area contributed by atoms with E-state index in [1.807, 2.05) is 0 Å². The van der Waals surface area contributed by atoms with Crippen LogP contribution in [0.5, 0.6) is 0 Å². The molecule has 4 radical (unpaired) electrons. The minimum Gasteiger partial charge on any atom is -0.412 e. The largest absolute Gasteiger partial charge is 0.412 e. The first-order chi connectivity index (χ1) is 0. The molecule has 0 atom stereocenters. The van der Waals surface area contributed by atoms with Crippen molar-refractivity contribution in [2.24, 2.45) is 0 Å². The first-order valence-electron chi connectivity index (χ1n) is 0. The summed E-state index contributed by atoms with van der Waals surface area (Å²) in [7, 11) is 0. The molecule has 5 heavy (non-hydrogen) atoms. The molecule has 0 amide bonds. The number of hydrogen-bond donors (Lipinski definition) is 0. The van der Waals surface area contributed by atoms with Gasteiger partial charge in [0.2, 0.25) is 0 Å². The Morgan fingerprint density at radius 3 is 0.600 bits per heavy atom. The second kappa shape index (κ2) is 43.6. The second-order valence-electron chi connectivity index (χ2n) is 0. The molecule has 0 aliphatic carbocycles. The molecule has 5 heteroatoms. The standard InChI is InChI=1S/Na.3H2O.Sb/h;3*1H2;. The summed E-state index contributed by atoms with van der Waals surface area (Å²) < 4.78 is 0. The van der Waals surface area contributed by atoms with Crippen LogP contribution in [0.1, 0.15) is 0 Å². The molecule has 0 fully saturated rings. The van der Waals surface area contributed by atoms with E-state index in [1.54, 1.807) is 0 Å². The Bertz CT molecular complexity index is 6.85. The molecule has 0 aliphatic rings. The van der Waals surface area contributed by atoms with Gasteiger partial charge in [-0.2, -0.15) is 0 Å². The summed E-state index contributed by atoms with van der Waals surface area (Å²) in [5.74, 6) is 0. The van der Waals surface area contributed by atoms with Crippen LogP contribution in [0.15, 0.2) is 0 Å². The van der Waals surface area contributed by atoms with Crippen LogP contribution in [0.2, 0.25) is 0 Å². The van der Waals surface area contributed by atoms with E-state index in [0.29, 0.717) is 0 Å². The molecule has 30 valence electrons. The van der Waals surface area contributed by atoms with E-state index < -0.39 is 0 Å². The summed E-state index contributed by atoms with van der Waals surface area (Å²) >= 11 is 0. The van der Waals surface area contributed by atoms with Crippen molar-refractivity contribution in [1.29, 1.82) is 0 Å². The average Bonchev–Trinajstić information content (AvgIpc) is 0. The van der Waals surface area contributed by atoms with E-state index in [9.17, 15) is 0 Å².